The van der Waals surface area contributed by atoms with Crippen molar-refractivity contribution in [3.05, 3.63) is 24.3 Å². The Morgan fingerprint density at radius 1 is 1.41 bits per heavy atom. The number of thioether (sulfide) groups is 1. The second-order valence-electron chi connectivity index (χ2n) is 6.30. The van der Waals surface area contributed by atoms with Crippen molar-refractivity contribution in [2.24, 2.45) is 5.92 Å². The van der Waals surface area contributed by atoms with Gasteiger partial charge in [0.25, 0.3) is 0 Å². The van der Waals surface area contributed by atoms with E-state index in [0.717, 1.165) is 22.2 Å². The van der Waals surface area contributed by atoms with Crippen molar-refractivity contribution in [3.63, 3.8) is 0 Å². The lowest BCUT2D eigenvalue weighted by Gasteiger charge is -2.16. The van der Waals surface area contributed by atoms with Crippen molar-refractivity contribution in [1.82, 2.24) is 10.2 Å². The van der Waals surface area contributed by atoms with Crippen LogP contribution in [0, 0.1) is 5.92 Å². The van der Waals surface area contributed by atoms with E-state index in [1.165, 1.54) is 11.3 Å². The summed E-state index contributed by atoms with van der Waals surface area (Å²) in [5, 5.41) is 11.9. The van der Waals surface area contributed by atoms with Gasteiger partial charge in [-0.1, -0.05) is 36.9 Å². The number of ether oxygens (including phenoxy) is 1. The maximum Gasteiger partial charge on any atom is 0.231 e. The second kappa shape index (κ2) is 8.71. The summed E-state index contributed by atoms with van der Waals surface area (Å²) in [5.74, 6) is 0.0531. The number of carbonyl (C=O) groups is 2. The highest BCUT2D eigenvalue weighted by molar-refractivity contribution is 8.01. The first kappa shape index (κ1) is 19.6. The molecule has 1 fully saturated rings. The van der Waals surface area contributed by atoms with Crippen LogP contribution in [0.3, 0.4) is 0 Å². The monoisotopic (exact) mass is 406 g/mol. The van der Waals surface area contributed by atoms with E-state index >= 15 is 0 Å². The van der Waals surface area contributed by atoms with Crippen LogP contribution in [0.5, 0.6) is 5.75 Å². The molecule has 1 aliphatic rings. The standard InChI is InChI=1S/C18H22N4O3S2/c1-4-11(2)26-18-21-20-17(27-18)19-16(24)12-9-15(23)22(10-12)13-5-7-14(25-3)8-6-13/h5-8,11-12H,4,9-10H2,1-3H3,(H,19,20,24)/t11-,12+/m1/s1. The summed E-state index contributed by atoms with van der Waals surface area (Å²) in [5.41, 5.74) is 0.763. The highest BCUT2D eigenvalue weighted by Gasteiger charge is 2.35. The smallest absolute Gasteiger partial charge is 0.231 e. The molecule has 1 aromatic heterocycles. The van der Waals surface area contributed by atoms with Gasteiger partial charge in [-0.3, -0.25) is 9.59 Å². The molecule has 1 aliphatic heterocycles. The Labute approximate surface area is 166 Å². The first-order valence-corrected chi connectivity index (χ1v) is 10.4. The number of nitrogens with one attached hydrogen (secondary N) is 1. The van der Waals surface area contributed by atoms with Gasteiger partial charge in [0.15, 0.2) is 4.34 Å². The number of hydrogen-bond acceptors (Lipinski definition) is 7. The van der Waals surface area contributed by atoms with Gasteiger partial charge >= 0.3 is 0 Å². The van der Waals surface area contributed by atoms with E-state index in [9.17, 15) is 9.59 Å². The molecule has 0 bridgehead atoms. The zero-order chi connectivity index (χ0) is 19.4. The lowest BCUT2D eigenvalue weighted by atomic mass is 10.1. The lowest BCUT2D eigenvalue weighted by Crippen LogP contribution is -2.28. The van der Waals surface area contributed by atoms with Gasteiger partial charge < -0.3 is 15.0 Å². The fourth-order valence-electron chi connectivity index (χ4n) is 2.67. The molecule has 7 nitrogen and oxygen atoms in total. The first-order valence-electron chi connectivity index (χ1n) is 8.75. The van der Waals surface area contributed by atoms with E-state index in [1.807, 2.05) is 12.1 Å². The summed E-state index contributed by atoms with van der Waals surface area (Å²) in [4.78, 5) is 26.5. The molecule has 144 valence electrons. The largest absolute Gasteiger partial charge is 0.497 e. The Kier molecular flexibility index (Phi) is 6.33. The molecule has 0 radical (unpaired) electrons. The van der Waals surface area contributed by atoms with Crippen molar-refractivity contribution in [2.45, 2.75) is 36.3 Å². The number of aromatic nitrogens is 2. The highest BCUT2D eigenvalue weighted by Crippen LogP contribution is 2.31. The van der Waals surface area contributed by atoms with Crippen LogP contribution in [-0.4, -0.2) is 40.9 Å². The summed E-state index contributed by atoms with van der Waals surface area (Å²) >= 11 is 3.01. The summed E-state index contributed by atoms with van der Waals surface area (Å²) in [6.07, 6.45) is 1.22. The van der Waals surface area contributed by atoms with E-state index in [4.69, 9.17) is 4.74 Å². The van der Waals surface area contributed by atoms with E-state index in [0.29, 0.717) is 16.9 Å². The van der Waals surface area contributed by atoms with Crippen molar-refractivity contribution in [2.75, 3.05) is 23.9 Å². The maximum absolute atomic E-state index is 12.5. The van der Waals surface area contributed by atoms with E-state index < -0.39 is 5.92 Å². The normalized spacial score (nSPS) is 17.8. The summed E-state index contributed by atoms with van der Waals surface area (Å²) < 4.78 is 5.97. The molecular weight excluding hydrogens is 384 g/mol. The third kappa shape index (κ3) is 4.78. The SMILES string of the molecule is CC[C@@H](C)Sc1nnc(NC(=O)[C@H]2CC(=O)N(c3ccc(OC)cc3)C2)s1. The van der Waals surface area contributed by atoms with Gasteiger partial charge in [0.2, 0.25) is 16.9 Å². The van der Waals surface area contributed by atoms with Crippen LogP contribution in [0.4, 0.5) is 10.8 Å². The quantitative estimate of drug-likeness (QED) is 0.560. The third-order valence-corrected chi connectivity index (χ3v) is 6.58. The topological polar surface area (TPSA) is 84.4 Å². The Bertz CT molecular complexity index is 809. The number of rotatable bonds is 7. The Hall–Kier alpha value is -2.13. The van der Waals surface area contributed by atoms with Gasteiger partial charge in [0.1, 0.15) is 5.75 Å². The molecule has 2 heterocycles. The average Bonchev–Trinajstić information content (AvgIpc) is 3.28. The van der Waals surface area contributed by atoms with Crippen molar-refractivity contribution in [3.8, 4) is 5.75 Å². The Morgan fingerprint density at radius 2 is 2.15 bits per heavy atom. The number of nitrogens with zero attached hydrogens (tertiary/aromatic N) is 3. The van der Waals surface area contributed by atoms with E-state index in [1.54, 1.807) is 35.9 Å². The van der Waals surface area contributed by atoms with Gasteiger partial charge in [-0.2, -0.15) is 0 Å². The minimum atomic E-state index is -0.408. The summed E-state index contributed by atoms with van der Waals surface area (Å²) in [6.45, 7) is 4.60. The average molecular weight is 407 g/mol. The van der Waals surface area contributed by atoms with Crippen LogP contribution < -0.4 is 15.0 Å². The summed E-state index contributed by atoms with van der Waals surface area (Å²) in [6, 6.07) is 7.24. The fourth-order valence-corrected chi connectivity index (χ4v) is 4.67. The van der Waals surface area contributed by atoms with Gasteiger partial charge in [-0.15, -0.1) is 10.2 Å². The predicted octanol–water partition coefficient (Wildman–Crippen LogP) is 3.43. The number of anilines is 2. The number of methoxy groups -OCH3 is 1. The zero-order valence-electron chi connectivity index (χ0n) is 15.5. The van der Waals surface area contributed by atoms with Crippen molar-refractivity contribution < 1.29 is 14.3 Å². The first-order chi connectivity index (χ1) is 13.0. The van der Waals surface area contributed by atoms with Gasteiger partial charge in [0, 0.05) is 23.9 Å². The Balaban J connectivity index is 1.60. The highest BCUT2D eigenvalue weighted by atomic mass is 32.2. The number of carbonyl (C=O) groups excluding carboxylic acids is 2. The zero-order valence-corrected chi connectivity index (χ0v) is 17.1. The molecular formula is C18H22N4O3S2. The van der Waals surface area contributed by atoms with Crippen LogP contribution in [-0.2, 0) is 9.59 Å². The van der Waals surface area contributed by atoms with Crippen molar-refractivity contribution in [1.29, 1.82) is 0 Å². The molecule has 2 amide bonds. The molecule has 3 rings (SSSR count). The molecule has 2 aromatic rings. The number of benzene rings is 1. The van der Waals surface area contributed by atoms with Crippen LogP contribution in [0.15, 0.2) is 28.6 Å². The predicted molar refractivity (Wildman–Crippen MR) is 108 cm³/mol. The molecule has 0 spiro atoms. The third-order valence-electron chi connectivity index (χ3n) is 4.39. The number of amides is 2. The molecule has 1 aromatic carbocycles. The molecule has 0 saturated carbocycles. The number of hydrogen-bond donors (Lipinski definition) is 1. The molecule has 9 heteroatoms. The molecule has 1 saturated heterocycles. The molecule has 0 aliphatic carbocycles. The minimum absolute atomic E-state index is 0.0643. The second-order valence-corrected chi connectivity index (χ2v) is 8.97. The molecule has 1 N–H and O–H groups in total. The lowest BCUT2D eigenvalue weighted by molar-refractivity contribution is -0.122. The molecule has 27 heavy (non-hydrogen) atoms. The van der Waals surface area contributed by atoms with E-state index in [2.05, 4.69) is 29.4 Å². The van der Waals surface area contributed by atoms with E-state index in [-0.39, 0.29) is 18.2 Å². The molecule has 0 unspecified atom stereocenters. The van der Waals surface area contributed by atoms with Crippen molar-refractivity contribution >= 4 is 45.7 Å². The van der Waals surface area contributed by atoms with Crippen LogP contribution in [0.25, 0.3) is 0 Å². The van der Waals surface area contributed by atoms with Crippen LogP contribution in [0.2, 0.25) is 0 Å². The van der Waals surface area contributed by atoms with Crippen LogP contribution in [0.1, 0.15) is 26.7 Å². The van der Waals surface area contributed by atoms with Crippen LogP contribution >= 0.6 is 23.1 Å². The van der Waals surface area contributed by atoms with Gasteiger partial charge in [-0.25, -0.2) is 0 Å². The minimum Gasteiger partial charge on any atom is -0.497 e. The Morgan fingerprint density at radius 3 is 2.81 bits per heavy atom. The van der Waals surface area contributed by atoms with Gasteiger partial charge in [0.05, 0.1) is 13.0 Å². The maximum atomic E-state index is 12.5. The molecule has 2 atom stereocenters. The summed E-state index contributed by atoms with van der Waals surface area (Å²) in [7, 11) is 1.59. The van der Waals surface area contributed by atoms with Gasteiger partial charge in [-0.05, 0) is 30.7 Å². The fraction of sp³-hybridized carbons (Fsp3) is 0.444.